The third-order valence-corrected chi connectivity index (χ3v) is 4.48. The summed E-state index contributed by atoms with van der Waals surface area (Å²) in [5, 5.41) is 15.5. The zero-order valence-electron chi connectivity index (χ0n) is 14.3. The molecule has 1 aliphatic rings. The Labute approximate surface area is 155 Å². The Bertz CT molecular complexity index is 986. The SMILES string of the molecule is O=C(c1cccnc1)N1N=C(c2ccc(O)cc2)CC1c1ccc(F)cc1. The Balaban J connectivity index is 1.72. The van der Waals surface area contributed by atoms with Gasteiger partial charge in [-0.2, -0.15) is 5.10 Å². The maximum Gasteiger partial charge on any atom is 0.276 e. The number of hydrogen-bond donors (Lipinski definition) is 1. The van der Waals surface area contributed by atoms with Gasteiger partial charge in [0.05, 0.1) is 17.3 Å². The number of halogens is 1. The molecule has 1 aromatic heterocycles. The molecule has 1 N–H and O–H groups in total. The number of benzene rings is 2. The number of hydrogen-bond acceptors (Lipinski definition) is 4. The maximum atomic E-state index is 13.3. The van der Waals surface area contributed by atoms with E-state index in [1.165, 1.54) is 23.3 Å². The quantitative estimate of drug-likeness (QED) is 0.769. The third-order valence-electron chi connectivity index (χ3n) is 4.48. The van der Waals surface area contributed by atoms with Crippen LogP contribution in [0.4, 0.5) is 4.39 Å². The molecule has 6 heteroatoms. The van der Waals surface area contributed by atoms with Crippen LogP contribution in [0.15, 0.2) is 78.2 Å². The molecule has 27 heavy (non-hydrogen) atoms. The van der Waals surface area contributed by atoms with E-state index in [1.54, 1.807) is 54.7 Å². The van der Waals surface area contributed by atoms with E-state index in [-0.39, 0.29) is 23.5 Å². The van der Waals surface area contributed by atoms with E-state index in [1.807, 2.05) is 0 Å². The molecule has 5 nitrogen and oxygen atoms in total. The third kappa shape index (κ3) is 3.42. The Morgan fingerprint density at radius 2 is 1.81 bits per heavy atom. The number of phenols is 1. The van der Waals surface area contributed by atoms with Crippen molar-refractivity contribution >= 4 is 11.6 Å². The summed E-state index contributed by atoms with van der Waals surface area (Å²) in [6, 6.07) is 15.8. The van der Waals surface area contributed by atoms with Crippen molar-refractivity contribution in [2.45, 2.75) is 12.5 Å². The van der Waals surface area contributed by atoms with Crippen LogP contribution in [-0.2, 0) is 0 Å². The first-order valence-electron chi connectivity index (χ1n) is 8.48. The first-order chi connectivity index (χ1) is 13.1. The van der Waals surface area contributed by atoms with E-state index in [2.05, 4.69) is 10.1 Å². The second kappa shape index (κ2) is 6.99. The van der Waals surface area contributed by atoms with Crippen molar-refractivity contribution in [3.63, 3.8) is 0 Å². The number of nitrogens with zero attached hydrogens (tertiary/aromatic N) is 3. The summed E-state index contributed by atoms with van der Waals surface area (Å²) in [5.41, 5.74) is 2.77. The highest BCUT2D eigenvalue weighted by Crippen LogP contribution is 2.34. The second-order valence-corrected chi connectivity index (χ2v) is 6.26. The summed E-state index contributed by atoms with van der Waals surface area (Å²) in [6.07, 6.45) is 3.59. The minimum absolute atomic E-state index is 0.163. The Morgan fingerprint density at radius 3 is 2.48 bits per heavy atom. The topological polar surface area (TPSA) is 65.8 Å². The largest absolute Gasteiger partial charge is 0.508 e. The normalized spacial score (nSPS) is 16.3. The minimum Gasteiger partial charge on any atom is -0.508 e. The Morgan fingerprint density at radius 1 is 1.07 bits per heavy atom. The number of aromatic hydroxyl groups is 1. The number of carbonyl (C=O) groups is 1. The van der Waals surface area contributed by atoms with Gasteiger partial charge in [0.2, 0.25) is 0 Å². The van der Waals surface area contributed by atoms with Gasteiger partial charge in [-0.05, 0) is 59.7 Å². The molecule has 1 aliphatic heterocycles. The molecule has 0 saturated carbocycles. The molecule has 4 rings (SSSR count). The van der Waals surface area contributed by atoms with Crippen molar-refractivity contribution in [3.8, 4) is 5.75 Å². The van der Waals surface area contributed by atoms with Crippen LogP contribution in [-0.4, -0.2) is 26.7 Å². The van der Waals surface area contributed by atoms with Crippen LogP contribution in [0.3, 0.4) is 0 Å². The van der Waals surface area contributed by atoms with Crippen molar-refractivity contribution < 1.29 is 14.3 Å². The van der Waals surface area contributed by atoms with Gasteiger partial charge in [0.1, 0.15) is 11.6 Å². The van der Waals surface area contributed by atoms with Gasteiger partial charge in [0.15, 0.2) is 0 Å². The van der Waals surface area contributed by atoms with Crippen LogP contribution < -0.4 is 0 Å². The molecule has 1 amide bonds. The van der Waals surface area contributed by atoms with E-state index in [4.69, 9.17) is 0 Å². The number of amides is 1. The summed E-state index contributed by atoms with van der Waals surface area (Å²) >= 11 is 0. The highest BCUT2D eigenvalue weighted by atomic mass is 19.1. The van der Waals surface area contributed by atoms with Crippen molar-refractivity contribution in [2.75, 3.05) is 0 Å². The van der Waals surface area contributed by atoms with Crippen molar-refractivity contribution in [1.29, 1.82) is 0 Å². The fourth-order valence-corrected chi connectivity index (χ4v) is 3.09. The van der Waals surface area contributed by atoms with Gasteiger partial charge in [0.25, 0.3) is 5.91 Å². The lowest BCUT2D eigenvalue weighted by molar-refractivity contribution is 0.0710. The van der Waals surface area contributed by atoms with E-state index in [0.717, 1.165) is 16.8 Å². The van der Waals surface area contributed by atoms with Crippen LogP contribution in [0, 0.1) is 5.82 Å². The summed E-state index contributed by atoms with van der Waals surface area (Å²) in [4.78, 5) is 17.0. The molecule has 3 aromatic rings. The van der Waals surface area contributed by atoms with Crippen LogP contribution in [0.5, 0.6) is 5.75 Å². The van der Waals surface area contributed by atoms with Crippen LogP contribution in [0.1, 0.15) is 33.9 Å². The highest BCUT2D eigenvalue weighted by Gasteiger charge is 2.33. The molecule has 2 aromatic carbocycles. The first-order valence-corrected chi connectivity index (χ1v) is 8.48. The summed E-state index contributed by atoms with van der Waals surface area (Å²) in [5.74, 6) is -0.441. The molecule has 0 fully saturated rings. The van der Waals surface area contributed by atoms with Gasteiger partial charge in [-0.25, -0.2) is 9.40 Å². The molecule has 134 valence electrons. The molecule has 0 spiro atoms. The average Bonchev–Trinajstić information content (AvgIpc) is 3.14. The maximum absolute atomic E-state index is 13.3. The average molecular weight is 361 g/mol. The fourth-order valence-electron chi connectivity index (χ4n) is 3.09. The monoisotopic (exact) mass is 361 g/mol. The highest BCUT2D eigenvalue weighted by molar-refractivity contribution is 6.05. The van der Waals surface area contributed by atoms with Crippen molar-refractivity contribution in [1.82, 2.24) is 9.99 Å². The number of carbonyl (C=O) groups excluding carboxylic acids is 1. The lowest BCUT2D eigenvalue weighted by Gasteiger charge is -2.22. The Hall–Kier alpha value is -3.54. The van der Waals surface area contributed by atoms with Gasteiger partial charge >= 0.3 is 0 Å². The van der Waals surface area contributed by atoms with Gasteiger partial charge < -0.3 is 5.11 Å². The van der Waals surface area contributed by atoms with Crippen molar-refractivity contribution in [2.24, 2.45) is 5.10 Å². The lowest BCUT2D eigenvalue weighted by Crippen LogP contribution is -2.27. The molecule has 0 bridgehead atoms. The van der Waals surface area contributed by atoms with E-state index < -0.39 is 0 Å². The molecular formula is C21H16FN3O2. The summed E-state index contributed by atoms with van der Waals surface area (Å²) < 4.78 is 13.3. The second-order valence-electron chi connectivity index (χ2n) is 6.26. The van der Waals surface area contributed by atoms with Crippen LogP contribution >= 0.6 is 0 Å². The van der Waals surface area contributed by atoms with Gasteiger partial charge in [0, 0.05) is 18.8 Å². The lowest BCUT2D eigenvalue weighted by atomic mass is 9.98. The first kappa shape index (κ1) is 16.9. The number of phenolic OH excluding ortho intramolecular Hbond substituents is 1. The van der Waals surface area contributed by atoms with Gasteiger partial charge in [-0.1, -0.05) is 12.1 Å². The van der Waals surface area contributed by atoms with Crippen molar-refractivity contribution in [3.05, 3.63) is 95.6 Å². The molecule has 2 heterocycles. The molecular weight excluding hydrogens is 345 g/mol. The van der Waals surface area contributed by atoms with Crippen LogP contribution in [0.2, 0.25) is 0 Å². The van der Waals surface area contributed by atoms with E-state index in [9.17, 15) is 14.3 Å². The van der Waals surface area contributed by atoms with E-state index in [0.29, 0.717) is 12.0 Å². The summed E-state index contributed by atoms with van der Waals surface area (Å²) in [6.45, 7) is 0. The van der Waals surface area contributed by atoms with Gasteiger partial charge in [-0.15, -0.1) is 0 Å². The number of rotatable bonds is 3. The predicted octanol–water partition coefficient (Wildman–Crippen LogP) is 3.92. The standard InChI is InChI=1S/C21H16FN3O2/c22-17-7-3-15(4-8-17)20-12-19(14-5-9-18(26)10-6-14)24-25(20)21(27)16-2-1-11-23-13-16/h1-11,13,20,26H,12H2. The molecule has 0 radical (unpaired) electrons. The summed E-state index contributed by atoms with van der Waals surface area (Å²) in [7, 11) is 0. The number of hydrazone groups is 1. The molecule has 1 unspecified atom stereocenters. The van der Waals surface area contributed by atoms with E-state index >= 15 is 0 Å². The number of aromatic nitrogens is 1. The molecule has 1 atom stereocenters. The predicted molar refractivity (Wildman–Crippen MR) is 98.8 cm³/mol. The fraction of sp³-hybridized carbons (Fsp3) is 0.0952. The zero-order valence-corrected chi connectivity index (χ0v) is 14.3. The number of pyridine rings is 1. The minimum atomic E-state index is -0.345. The molecule has 0 aliphatic carbocycles. The van der Waals surface area contributed by atoms with Crippen LogP contribution in [0.25, 0.3) is 0 Å². The van der Waals surface area contributed by atoms with Gasteiger partial charge in [-0.3, -0.25) is 9.78 Å². The smallest absolute Gasteiger partial charge is 0.276 e. The Kier molecular flexibility index (Phi) is 4.38. The molecule has 0 saturated heterocycles. The zero-order chi connectivity index (χ0) is 18.8.